The van der Waals surface area contributed by atoms with Gasteiger partial charge in [0.1, 0.15) is 0 Å². The summed E-state index contributed by atoms with van der Waals surface area (Å²) in [5.41, 5.74) is 4.62. The molecule has 0 spiro atoms. The average Bonchev–Trinajstić information content (AvgIpc) is 2.62. The lowest BCUT2D eigenvalue weighted by atomic mass is 9.98. The second kappa shape index (κ2) is 6.36. The van der Waals surface area contributed by atoms with Crippen molar-refractivity contribution in [2.24, 2.45) is 0 Å². The number of nitro benzene ring substituents is 1. The van der Waals surface area contributed by atoms with Crippen molar-refractivity contribution >= 4 is 5.69 Å². The zero-order chi connectivity index (χ0) is 16.2. The zero-order valence-corrected chi connectivity index (χ0v) is 12.6. The Labute approximate surface area is 133 Å². The Bertz CT molecular complexity index is 845. The van der Waals surface area contributed by atoms with Gasteiger partial charge in [0.05, 0.1) is 16.3 Å². The van der Waals surface area contributed by atoms with Gasteiger partial charge in [-0.25, -0.2) is 0 Å². The molecule has 3 aromatic rings. The van der Waals surface area contributed by atoms with Crippen LogP contribution >= 0.6 is 0 Å². The lowest BCUT2D eigenvalue weighted by Crippen LogP contribution is -1.96. The van der Waals surface area contributed by atoms with Gasteiger partial charge >= 0.3 is 0 Å². The molecule has 5 heteroatoms. The second-order valence-electron chi connectivity index (χ2n) is 5.07. The average molecular weight is 305 g/mol. The number of rotatable bonds is 4. The van der Waals surface area contributed by atoms with E-state index in [9.17, 15) is 10.1 Å². The van der Waals surface area contributed by atoms with Gasteiger partial charge < -0.3 is 0 Å². The molecule has 1 aromatic heterocycles. The minimum absolute atomic E-state index is 0.0631. The SMILES string of the molecule is CCc1ccccc1-c1nccnc1-c1ccc([N+](=O)[O-])cc1. The summed E-state index contributed by atoms with van der Waals surface area (Å²) in [6.45, 7) is 2.10. The van der Waals surface area contributed by atoms with Crippen molar-refractivity contribution in [3.8, 4) is 22.5 Å². The summed E-state index contributed by atoms with van der Waals surface area (Å²) < 4.78 is 0. The van der Waals surface area contributed by atoms with Crippen LogP contribution in [0.25, 0.3) is 22.5 Å². The minimum Gasteiger partial charge on any atom is -0.258 e. The van der Waals surface area contributed by atoms with Crippen LogP contribution in [0.3, 0.4) is 0 Å². The van der Waals surface area contributed by atoms with E-state index in [0.29, 0.717) is 0 Å². The van der Waals surface area contributed by atoms with Crippen LogP contribution < -0.4 is 0 Å². The molecule has 0 radical (unpaired) electrons. The van der Waals surface area contributed by atoms with Crippen LogP contribution in [0.15, 0.2) is 60.9 Å². The molecule has 0 N–H and O–H groups in total. The van der Waals surface area contributed by atoms with Crippen LogP contribution in [-0.4, -0.2) is 14.9 Å². The molecule has 0 amide bonds. The number of non-ortho nitro benzene ring substituents is 1. The van der Waals surface area contributed by atoms with Crippen molar-refractivity contribution in [3.63, 3.8) is 0 Å². The molecule has 0 atom stereocenters. The van der Waals surface area contributed by atoms with Gasteiger partial charge in [-0.3, -0.25) is 20.1 Å². The van der Waals surface area contributed by atoms with Crippen molar-refractivity contribution in [2.75, 3.05) is 0 Å². The topological polar surface area (TPSA) is 68.9 Å². The van der Waals surface area contributed by atoms with E-state index in [0.717, 1.165) is 28.9 Å². The maximum absolute atomic E-state index is 10.8. The highest BCUT2D eigenvalue weighted by Gasteiger charge is 2.14. The molecule has 1 heterocycles. The van der Waals surface area contributed by atoms with Crippen molar-refractivity contribution in [2.45, 2.75) is 13.3 Å². The van der Waals surface area contributed by atoms with E-state index in [2.05, 4.69) is 23.0 Å². The van der Waals surface area contributed by atoms with Gasteiger partial charge in [0, 0.05) is 35.7 Å². The summed E-state index contributed by atoms with van der Waals surface area (Å²) in [6.07, 6.45) is 4.19. The van der Waals surface area contributed by atoms with Gasteiger partial charge in [0.25, 0.3) is 5.69 Å². The second-order valence-corrected chi connectivity index (χ2v) is 5.07. The van der Waals surface area contributed by atoms with Crippen LogP contribution in [0, 0.1) is 10.1 Å². The Balaban J connectivity index is 2.13. The smallest absolute Gasteiger partial charge is 0.258 e. The number of aromatic nitrogens is 2. The van der Waals surface area contributed by atoms with Crippen LogP contribution in [0.1, 0.15) is 12.5 Å². The molecule has 0 unspecified atom stereocenters. The van der Waals surface area contributed by atoms with Gasteiger partial charge in [-0.15, -0.1) is 0 Å². The molecule has 2 aromatic carbocycles. The third-order valence-corrected chi connectivity index (χ3v) is 3.70. The fourth-order valence-corrected chi connectivity index (χ4v) is 2.55. The molecule has 0 fully saturated rings. The van der Waals surface area contributed by atoms with Gasteiger partial charge in [-0.2, -0.15) is 0 Å². The van der Waals surface area contributed by atoms with Crippen molar-refractivity contribution < 1.29 is 4.92 Å². The normalized spacial score (nSPS) is 10.5. The Morgan fingerprint density at radius 2 is 1.61 bits per heavy atom. The Hall–Kier alpha value is -3.08. The minimum atomic E-state index is -0.409. The zero-order valence-electron chi connectivity index (χ0n) is 12.6. The summed E-state index contributed by atoms with van der Waals surface area (Å²) in [7, 11) is 0. The first kappa shape index (κ1) is 14.8. The molecule has 0 aliphatic heterocycles. The summed E-state index contributed by atoms with van der Waals surface area (Å²) >= 11 is 0. The van der Waals surface area contributed by atoms with E-state index in [-0.39, 0.29) is 5.69 Å². The molecule has 0 bridgehead atoms. The highest BCUT2D eigenvalue weighted by molar-refractivity contribution is 5.79. The van der Waals surface area contributed by atoms with E-state index in [1.807, 2.05) is 18.2 Å². The highest BCUT2D eigenvalue weighted by atomic mass is 16.6. The largest absolute Gasteiger partial charge is 0.269 e. The first-order valence-corrected chi connectivity index (χ1v) is 7.35. The first-order chi connectivity index (χ1) is 11.2. The molecule has 0 aliphatic rings. The standard InChI is InChI=1S/C18H15N3O2/c1-2-13-5-3-4-6-16(13)18-17(19-11-12-20-18)14-7-9-15(10-8-14)21(22)23/h3-12H,2H2,1H3. The molecular formula is C18H15N3O2. The summed E-state index contributed by atoms with van der Waals surface area (Å²) in [6, 6.07) is 14.5. The van der Waals surface area contributed by atoms with E-state index in [4.69, 9.17) is 0 Å². The van der Waals surface area contributed by atoms with E-state index in [1.54, 1.807) is 24.5 Å². The van der Waals surface area contributed by atoms with Crippen molar-refractivity contribution in [1.29, 1.82) is 0 Å². The van der Waals surface area contributed by atoms with E-state index in [1.165, 1.54) is 17.7 Å². The first-order valence-electron chi connectivity index (χ1n) is 7.35. The fourth-order valence-electron chi connectivity index (χ4n) is 2.55. The molecule has 0 saturated carbocycles. The third-order valence-electron chi connectivity index (χ3n) is 3.70. The highest BCUT2D eigenvalue weighted by Crippen LogP contribution is 2.31. The van der Waals surface area contributed by atoms with E-state index < -0.39 is 4.92 Å². The number of nitrogens with zero attached hydrogens (tertiary/aromatic N) is 3. The predicted molar refractivity (Wildman–Crippen MR) is 88.9 cm³/mol. The summed E-state index contributed by atoms with van der Waals surface area (Å²) in [5, 5.41) is 10.8. The monoisotopic (exact) mass is 305 g/mol. The molecule has 5 nitrogen and oxygen atoms in total. The maximum Gasteiger partial charge on any atom is 0.269 e. The number of aryl methyl sites for hydroxylation is 1. The summed E-state index contributed by atoms with van der Waals surface area (Å²) in [5.74, 6) is 0. The number of nitro groups is 1. The van der Waals surface area contributed by atoms with Crippen LogP contribution in [-0.2, 0) is 6.42 Å². The molecule has 3 rings (SSSR count). The van der Waals surface area contributed by atoms with Crippen LogP contribution in [0.4, 0.5) is 5.69 Å². The van der Waals surface area contributed by atoms with Gasteiger partial charge in [0.15, 0.2) is 0 Å². The quantitative estimate of drug-likeness (QED) is 0.533. The maximum atomic E-state index is 10.8. The number of hydrogen-bond donors (Lipinski definition) is 0. The molecule has 23 heavy (non-hydrogen) atoms. The van der Waals surface area contributed by atoms with Crippen LogP contribution in [0.5, 0.6) is 0 Å². The lowest BCUT2D eigenvalue weighted by Gasteiger charge is -2.11. The number of benzene rings is 2. The van der Waals surface area contributed by atoms with Gasteiger partial charge in [0.2, 0.25) is 0 Å². The van der Waals surface area contributed by atoms with Gasteiger partial charge in [-0.1, -0.05) is 31.2 Å². The Kier molecular flexibility index (Phi) is 4.10. The molecule has 0 saturated heterocycles. The molecular weight excluding hydrogens is 290 g/mol. The summed E-state index contributed by atoms with van der Waals surface area (Å²) in [4.78, 5) is 19.3. The van der Waals surface area contributed by atoms with E-state index >= 15 is 0 Å². The van der Waals surface area contributed by atoms with Crippen LogP contribution in [0.2, 0.25) is 0 Å². The Morgan fingerprint density at radius 1 is 0.957 bits per heavy atom. The number of hydrogen-bond acceptors (Lipinski definition) is 4. The van der Waals surface area contributed by atoms with Crippen molar-refractivity contribution in [3.05, 3.63) is 76.6 Å². The lowest BCUT2D eigenvalue weighted by molar-refractivity contribution is -0.384. The Morgan fingerprint density at radius 3 is 2.26 bits per heavy atom. The van der Waals surface area contributed by atoms with Gasteiger partial charge in [-0.05, 0) is 24.1 Å². The van der Waals surface area contributed by atoms with Crippen molar-refractivity contribution in [1.82, 2.24) is 9.97 Å². The molecule has 0 aliphatic carbocycles. The molecule has 114 valence electrons. The fraction of sp³-hybridized carbons (Fsp3) is 0.111. The third kappa shape index (κ3) is 2.94. The predicted octanol–water partition coefficient (Wildman–Crippen LogP) is 4.28.